The van der Waals surface area contributed by atoms with Crippen LogP contribution in [0.5, 0.6) is 0 Å². The smallest absolute Gasteiger partial charge is 0.303 e. The fourth-order valence-corrected chi connectivity index (χ4v) is 2.51. The van der Waals surface area contributed by atoms with Gasteiger partial charge in [0.25, 0.3) is 0 Å². The van der Waals surface area contributed by atoms with Crippen LogP contribution in [0.25, 0.3) is 0 Å². The van der Waals surface area contributed by atoms with Gasteiger partial charge in [0.2, 0.25) is 0 Å². The van der Waals surface area contributed by atoms with Crippen molar-refractivity contribution in [3.8, 4) is 0 Å². The maximum absolute atomic E-state index is 11.6. The number of carbonyl (C=O) groups excluding carboxylic acids is 1. The second-order valence-electron chi connectivity index (χ2n) is 3.71. The van der Waals surface area contributed by atoms with E-state index < -0.39 is 18.2 Å². The number of thiol groups is 1. The van der Waals surface area contributed by atoms with Crippen LogP contribution in [0.15, 0.2) is 12.1 Å². The Labute approximate surface area is 113 Å². The van der Waals surface area contributed by atoms with Crippen LogP contribution in [0.4, 0.5) is 0 Å². The van der Waals surface area contributed by atoms with Gasteiger partial charge in [-0.1, -0.05) is 0 Å². The third kappa shape index (κ3) is 4.09. The molecule has 2 unspecified atom stereocenters. The molecule has 1 aromatic rings. The predicted molar refractivity (Wildman–Crippen MR) is 70.3 cm³/mol. The summed E-state index contributed by atoms with van der Waals surface area (Å²) in [7, 11) is 0. The minimum atomic E-state index is -1.08. The molecule has 7 heteroatoms. The highest BCUT2D eigenvalue weighted by Gasteiger charge is 2.20. The molecule has 0 aromatic carbocycles. The molecule has 0 aliphatic carbocycles. The van der Waals surface area contributed by atoms with Crippen LogP contribution in [0.1, 0.15) is 33.5 Å². The molecule has 0 spiro atoms. The summed E-state index contributed by atoms with van der Waals surface area (Å²) in [5, 5.41) is 27.6. The van der Waals surface area contributed by atoms with E-state index in [1.54, 1.807) is 6.07 Å². The minimum absolute atomic E-state index is 0.0689. The molecule has 0 fully saturated rings. The Morgan fingerprint density at radius 3 is 2.50 bits per heavy atom. The molecule has 0 saturated carbocycles. The quantitative estimate of drug-likeness (QED) is 0.446. The van der Waals surface area contributed by atoms with Gasteiger partial charge in [-0.15, -0.1) is 11.3 Å². The summed E-state index contributed by atoms with van der Waals surface area (Å²) in [6.45, 7) is 0. The van der Waals surface area contributed by atoms with E-state index in [1.807, 2.05) is 0 Å². The molecule has 3 N–H and O–H groups in total. The molecule has 100 valence electrons. The highest BCUT2D eigenvalue weighted by atomic mass is 32.1. The number of hydrogen-bond donors (Lipinski definition) is 4. The molecular weight excluding hydrogens is 276 g/mol. The predicted octanol–water partition coefficient (Wildman–Crippen LogP) is 1.12. The molecule has 1 rings (SSSR count). The van der Waals surface area contributed by atoms with E-state index in [0.29, 0.717) is 9.75 Å². The average molecular weight is 290 g/mol. The second-order valence-corrected chi connectivity index (χ2v) is 5.19. The van der Waals surface area contributed by atoms with E-state index in [-0.39, 0.29) is 24.4 Å². The van der Waals surface area contributed by atoms with Crippen molar-refractivity contribution < 1.29 is 24.9 Å². The number of carbonyl (C=O) groups is 2. The lowest BCUT2D eigenvalue weighted by Crippen LogP contribution is -2.18. The zero-order chi connectivity index (χ0) is 13.7. The van der Waals surface area contributed by atoms with Gasteiger partial charge < -0.3 is 15.3 Å². The van der Waals surface area contributed by atoms with E-state index in [1.165, 1.54) is 6.07 Å². The summed E-state index contributed by atoms with van der Waals surface area (Å²) in [5.41, 5.74) is 0. The number of thiophene rings is 1. The van der Waals surface area contributed by atoms with E-state index in [9.17, 15) is 19.8 Å². The molecule has 5 nitrogen and oxygen atoms in total. The van der Waals surface area contributed by atoms with Crippen LogP contribution in [-0.4, -0.2) is 38.9 Å². The summed E-state index contributed by atoms with van der Waals surface area (Å²) in [6, 6.07) is 3.08. The van der Waals surface area contributed by atoms with Gasteiger partial charge in [-0.3, -0.25) is 9.59 Å². The van der Waals surface area contributed by atoms with Gasteiger partial charge in [-0.2, -0.15) is 12.6 Å². The molecular formula is C11H14O5S2. The highest BCUT2D eigenvalue weighted by Crippen LogP contribution is 2.27. The first kappa shape index (κ1) is 15.2. The molecule has 0 aliphatic rings. The van der Waals surface area contributed by atoms with Crippen LogP contribution in [0, 0.1) is 0 Å². The number of aliphatic hydroxyl groups excluding tert-OH is 2. The van der Waals surface area contributed by atoms with Crippen molar-refractivity contribution in [3.63, 3.8) is 0 Å². The normalized spacial score (nSPS) is 14.2. The second kappa shape index (κ2) is 6.89. The summed E-state index contributed by atoms with van der Waals surface area (Å²) < 4.78 is 0. The Kier molecular flexibility index (Phi) is 5.80. The topological polar surface area (TPSA) is 94.8 Å². The van der Waals surface area contributed by atoms with Crippen LogP contribution in [-0.2, 0) is 4.79 Å². The molecule has 18 heavy (non-hydrogen) atoms. The van der Waals surface area contributed by atoms with Crippen LogP contribution < -0.4 is 0 Å². The summed E-state index contributed by atoms with van der Waals surface area (Å²) in [5.74, 6) is -1.19. The zero-order valence-electron chi connectivity index (χ0n) is 9.44. The van der Waals surface area contributed by atoms with Crippen molar-refractivity contribution in [2.75, 3.05) is 5.75 Å². The molecule has 0 bridgehead atoms. The lowest BCUT2D eigenvalue weighted by atomic mass is 10.2. The number of aliphatic hydroxyl groups is 2. The Bertz CT molecular complexity index is 429. The molecule has 0 aliphatic heterocycles. The van der Waals surface area contributed by atoms with Gasteiger partial charge in [0.15, 0.2) is 5.78 Å². The van der Waals surface area contributed by atoms with Gasteiger partial charge in [-0.05, 0) is 12.1 Å². The molecule has 0 amide bonds. The summed E-state index contributed by atoms with van der Waals surface area (Å²) in [6.07, 6.45) is -2.35. The molecule has 1 aromatic heterocycles. The van der Waals surface area contributed by atoms with Gasteiger partial charge in [0.05, 0.1) is 17.4 Å². The Morgan fingerprint density at radius 1 is 1.28 bits per heavy atom. The number of ketones is 1. The van der Waals surface area contributed by atoms with Crippen molar-refractivity contribution >= 4 is 35.7 Å². The van der Waals surface area contributed by atoms with Crippen molar-refractivity contribution in [2.45, 2.75) is 25.0 Å². The SMILES string of the molecule is O=C(O)CCC(=O)c1ccc(C(O)C(O)CS)s1. The number of aliphatic carboxylic acids is 1. The first-order valence-corrected chi connectivity index (χ1v) is 6.72. The first-order chi connectivity index (χ1) is 8.45. The van der Waals surface area contributed by atoms with E-state index >= 15 is 0 Å². The lowest BCUT2D eigenvalue weighted by molar-refractivity contribution is -0.136. The Morgan fingerprint density at radius 2 is 1.94 bits per heavy atom. The van der Waals surface area contributed by atoms with Gasteiger partial charge in [0, 0.05) is 17.1 Å². The molecule has 2 atom stereocenters. The summed E-state index contributed by atoms with van der Waals surface area (Å²) >= 11 is 4.93. The Balaban J connectivity index is 2.68. The van der Waals surface area contributed by atoms with Gasteiger partial charge in [-0.25, -0.2) is 0 Å². The number of Topliss-reactive ketones (excluding diaryl/α,β-unsaturated/α-hetero) is 1. The van der Waals surface area contributed by atoms with Crippen LogP contribution in [0.2, 0.25) is 0 Å². The van der Waals surface area contributed by atoms with Crippen molar-refractivity contribution in [3.05, 3.63) is 21.9 Å². The first-order valence-electron chi connectivity index (χ1n) is 5.27. The molecule has 0 saturated heterocycles. The van der Waals surface area contributed by atoms with Crippen LogP contribution >= 0.6 is 24.0 Å². The Hall–Kier alpha value is -0.890. The third-order valence-electron chi connectivity index (χ3n) is 2.31. The van der Waals surface area contributed by atoms with Gasteiger partial charge in [0.1, 0.15) is 6.10 Å². The monoisotopic (exact) mass is 290 g/mol. The molecule has 0 radical (unpaired) electrons. The van der Waals surface area contributed by atoms with Crippen molar-refractivity contribution in [1.82, 2.24) is 0 Å². The van der Waals surface area contributed by atoms with Crippen LogP contribution in [0.3, 0.4) is 0 Å². The van der Waals surface area contributed by atoms with Crippen molar-refractivity contribution in [1.29, 1.82) is 0 Å². The maximum atomic E-state index is 11.6. The lowest BCUT2D eigenvalue weighted by Gasteiger charge is -2.13. The maximum Gasteiger partial charge on any atom is 0.303 e. The number of rotatable bonds is 7. The largest absolute Gasteiger partial charge is 0.481 e. The third-order valence-corrected chi connectivity index (χ3v) is 3.88. The molecule has 1 heterocycles. The number of carboxylic acid groups (broad SMARTS) is 1. The van der Waals surface area contributed by atoms with E-state index in [2.05, 4.69) is 12.6 Å². The summed E-state index contributed by atoms with van der Waals surface area (Å²) in [4.78, 5) is 22.8. The van der Waals surface area contributed by atoms with Gasteiger partial charge >= 0.3 is 5.97 Å². The zero-order valence-corrected chi connectivity index (χ0v) is 11.2. The average Bonchev–Trinajstić information content (AvgIpc) is 2.83. The fourth-order valence-electron chi connectivity index (χ4n) is 1.29. The number of hydrogen-bond acceptors (Lipinski definition) is 6. The van der Waals surface area contributed by atoms with Crippen molar-refractivity contribution in [2.24, 2.45) is 0 Å². The van der Waals surface area contributed by atoms with E-state index in [4.69, 9.17) is 5.11 Å². The standard InChI is InChI=1S/C11H14O5S2/c12-6(1-4-10(14)15)8-2-3-9(18-8)11(16)7(13)5-17/h2-3,7,11,13,16-17H,1,4-5H2,(H,14,15). The highest BCUT2D eigenvalue weighted by molar-refractivity contribution is 7.80. The van der Waals surface area contributed by atoms with E-state index in [0.717, 1.165) is 11.3 Å². The fraction of sp³-hybridized carbons (Fsp3) is 0.455. The minimum Gasteiger partial charge on any atom is -0.481 e. The number of carboxylic acids is 1.